The molecule has 0 aliphatic rings. The molecule has 0 fully saturated rings. The van der Waals surface area contributed by atoms with E-state index >= 15 is 0 Å². The van der Waals surface area contributed by atoms with Crippen LogP contribution in [-0.2, 0) is 12.8 Å². The molecule has 0 amide bonds. The van der Waals surface area contributed by atoms with Gasteiger partial charge in [-0.3, -0.25) is 16.3 Å². The number of nitrogens with two attached hydrogens (primary N) is 1. The van der Waals surface area contributed by atoms with Crippen LogP contribution in [0.4, 0.5) is 4.39 Å². The van der Waals surface area contributed by atoms with Gasteiger partial charge in [0.15, 0.2) is 0 Å². The molecule has 0 saturated carbocycles. The van der Waals surface area contributed by atoms with Crippen LogP contribution in [0.25, 0.3) is 0 Å². The number of aryl methyl sites for hydroxylation is 1. The van der Waals surface area contributed by atoms with E-state index in [1.165, 1.54) is 17.7 Å². The van der Waals surface area contributed by atoms with E-state index in [0.717, 1.165) is 17.7 Å². The highest BCUT2D eigenvalue weighted by Gasteiger charge is 2.13. The van der Waals surface area contributed by atoms with E-state index in [-0.39, 0.29) is 11.1 Å². The highest BCUT2D eigenvalue weighted by atomic mass is 35.5. The minimum absolute atomic E-state index is 0.106. The van der Waals surface area contributed by atoms with E-state index < -0.39 is 5.82 Å². The summed E-state index contributed by atoms with van der Waals surface area (Å²) in [4.78, 5) is 4.39. The fraction of sp³-hybridized carbons (Fsp3) is 0.267. The smallest absolute Gasteiger partial charge is 0.142 e. The van der Waals surface area contributed by atoms with Crippen molar-refractivity contribution >= 4 is 11.6 Å². The van der Waals surface area contributed by atoms with Gasteiger partial charge in [-0.15, -0.1) is 0 Å². The lowest BCUT2D eigenvalue weighted by atomic mass is 10.0. The molecule has 1 aromatic heterocycles. The third-order valence-electron chi connectivity index (χ3n) is 3.25. The number of hydrogen-bond donors (Lipinski definition) is 2. The highest BCUT2D eigenvalue weighted by Crippen LogP contribution is 2.22. The van der Waals surface area contributed by atoms with Crippen LogP contribution in [0.1, 0.15) is 29.8 Å². The summed E-state index contributed by atoms with van der Waals surface area (Å²) >= 11 is 5.68. The molecule has 1 heterocycles. The zero-order valence-corrected chi connectivity index (χ0v) is 12.0. The monoisotopic (exact) mass is 293 g/mol. The predicted octanol–water partition coefficient (Wildman–Crippen LogP) is 3.18. The van der Waals surface area contributed by atoms with E-state index in [9.17, 15) is 4.39 Å². The van der Waals surface area contributed by atoms with Crippen LogP contribution in [0.2, 0.25) is 5.02 Å². The third-order valence-corrected chi connectivity index (χ3v) is 3.56. The molecular formula is C15H17ClFN3. The molecule has 1 atom stereocenters. The maximum absolute atomic E-state index is 13.5. The van der Waals surface area contributed by atoms with Crippen molar-refractivity contribution in [2.75, 3.05) is 0 Å². The number of nitrogens with zero attached hydrogens (tertiary/aromatic N) is 1. The Hall–Kier alpha value is -1.49. The van der Waals surface area contributed by atoms with Crippen molar-refractivity contribution in [3.8, 4) is 0 Å². The van der Waals surface area contributed by atoms with Gasteiger partial charge in [0.1, 0.15) is 5.82 Å². The van der Waals surface area contributed by atoms with Crippen LogP contribution in [-0.4, -0.2) is 4.98 Å². The average Bonchev–Trinajstić information content (AvgIpc) is 2.48. The molecule has 1 aromatic carbocycles. The molecular weight excluding hydrogens is 277 g/mol. The summed E-state index contributed by atoms with van der Waals surface area (Å²) < 4.78 is 13.5. The Labute approximate surface area is 122 Å². The molecule has 20 heavy (non-hydrogen) atoms. The molecule has 3 N–H and O–H groups in total. The maximum Gasteiger partial charge on any atom is 0.142 e. The molecule has 0 saturated heterocycles. The van der Waals surface area contributed by atoms with Gasteiger partial charge in [0.25, 0.3) is 0 Å². The van der Waals surface area contributed by atoms with Crippen LogP contribution in [0.5, 0.6) is 0 Å². The lowest BCUT2D eigenvalue weighted by Crippen LogP contribution is -2.29. The van der Waals surface area contributed by atoms with Crippen LogP contribution >= 0.6 is 11.6 Å². The van der Waals surface area contributed by atoms with Crippen LogP contribution in [0.15, 0.2) is 36.5 Å². The van der Waals surface area contributed by atoms with Gasteiger partial charge in [-0.25, -0.2) is 4.39 Å². The summed E-state index contributed by atoms with van der Waals surface area (Å²) in [7, 11) is 0. The van der Waals surface area contributed by atoms with Crippen LogP contribution < -0.4 is 11.3 Å². The summed E-state index contributed by atoms with van der Waals surface area (Å²) in [6, 6.07) is 8.49. The SMILES string of the molecule is CCc1ccc(CC(NN)c2ccc(Cl)c(F)c2)nc1. The summed E-state index contributed by atoms with van der Waals surface area (Å²) in [5, 5.41) is 0.106. The first kappa shape index (κ1) is 14.9. The van der Waals surface area contributed by atoms with Gasteiger partial charge in [0.2, 0.25) is 0 Å². The molecule has 0 aliphatic heterocycles. The van der Waals surface area contributed by atoms with Crippen molar-refractivity contribution in [3.63, 3.8) is 0 Å². The number of hydrogen-bond acceptors (Lipinski definition) is 3. The van der Waals surface area contributed by atoms with Gasteiger partial charge < -0.3 is 0 Å². The van der Waals surface area contributed by atoms with E-state index in [1.54, 1.807) is 6.07 Å². The fourth-order valence-electron chi connectivity index (χ4n) is 2.00. The molecule has 3 nitrogen and oxygen atoms in total. The van der Waals surface area contributed by atoms with Gasteiger partial charge in [-0.1, -0.05) is 30.7 Å². The molecule has 0 bridgehead atoms. The van der Waals surface area contributed by atoms with Crippen molar-refractivity contribution in [1.29, 1.82) is 0 Å². The Morgan fingerprint density at radius 2 is 2.15 bits per heavy atom. The lowest BCUT2D eigenvalue weighted by molar-refractivity contribution is 0.539. The molecule has 5 heteroatoms. The number of rotatable bonds is 5. The Balaban J connectivity index is 2.16. The number of benzene rings is 1. The minimum Gasteiger partial charge on any atom is -0.271 e. The summed E-state index contributed by atoms with van der Waals surface area (Å²) in [5.41, 5.74) is 5.53. The first-order valence-corrected chi connectivity index (χ1v) is 6.86. The number of halogens is 2. The zero-order chi connectivity index (χ0) is 14.5. The number of hydrazine groups is 1. The molecule has 106 valence electrons. The first-order valence-electron chi connectivity index (χ1n) is 6.49. The Bertz CT molecular complexity index is 572. The van der Waals surface area contributed by atoms with E-state index in [0.29, 0.717) is 6.42 Å². The average molecular weight is 294 g/mol. The first-order chi connectivity index (χ1) is 9.63. The van der Waals surface area contributed by atoms with Gasteiger partial charge in [-0.2, -0.15) is 0 Å². The molecule has 2 rings (SSSR count). The van der Waals surface area contributed by atoms with Gasteiger partial charge >= 0.3 is 0 Å². The van der Waals surface area contributed by atoms with Gasteiger partial charge in [0, 0.05) is 18.3 Å². The van der Waals surface area contributed by atoms with Crippen molar-refractivity contribution in [2.45, 2.75) is 25.8 Å². The fourth-order valence-corrected chi connectivity index (χ4v) is 2.11. The Morgan fingerprint density at radius 3 is 2.70 bits per heavy atom. The topological polar surface area (TPSA) is 50.9 Å². The summed E-state index contributed by atoms with van der Waals surface area (Å²) in [5.74, 6) is 5.12. The summed E-state index contributed by atoms with van der Waals surface area (Å²) in [6.45, 7) is 2.08. The lowest BCUT2D eigenvalue weighted by Gasteiger charge is -2.16. The molecule has 0 aliphatic carbocycles. The number of pyridine rings is 1. The standard InChI is InChI=1S/C15H17ClFN3/c1-2-10-3-5-12(19-9-10)8-15(20-18)11-4-6-13(16)14(17)7-11/h3-7,9,15,20H,2,8,18H2,1H3. The zero-order valence-electron chi connectivity index (χ0n) is 11.2. The Kier molecular flexibility index (Phi) is 5.06. The van der Waals surface area contributed by atoms with Crippen molar-refractivity contribution in [3.05, 3.63) is 64.2 Å². The Morgan fingerprint density at radius 1 is 1.35 bits per heavy atom. The normalized spacial score (nSPS) is 12.4. The molecule has 1 unspecified atom stereocenters. The second-order valence-corrected chi connectivity index (χ2v) is 5.02. The second kappa shape index (κ2) is 6.79. The van der Waals surface area contributed by atoms with E-state index in [4.69, 9.17) is 17.4 Å². The van der Waals surface area contributed by atoms with Crippen molar-refractivity contribution < 1.29 is 4.39 Å². The second-order valence-electron chi connectivity index (χ2n) is 4.61. The maximum atomic E-state index is 13.5. The van der Waals surface area contributed by atoms with E-state index in [1.807, 2.05) is 18.3 Å². The van der Waals surface area contributed by atoms with Crippen LogP contribution in [0.3, 0.4) is 0 Å². The summed E-state index contributed by atoms with van der Waals surface area (Å²) in [6.07, 6.45) is 3.39. The minimum atomic E-state index is -0.446. The number of nitrogens with one attached hydrogen (secondary N) is 1. The largest absolute Gasteiger partial charge is 0.271 e. The van der Waals surface area contributed by atoms with Gasteiger partial charge in [-0.05, 0) is 35.7 Å². The highest BCUT2D eigenvalue weighted by molar-refractivity contribution is 6.30. The third kappa shape index (κ3) is 3.54. The molecule has 0 spiro atoms. The van der Waals surface area contributed by atoms with Crippen molar-refractivity contribution in [2.24, 2.45) is 5.84 Å². The number of aromatic nitrogens is 1. The molecule has 2 aromatic rings. The molecule has 0 radical (unpaired) electrons. The van der Waals surface area contributed by atoms with Crippen molar-refractivity contribution in [1.82, 2.24) is 10.4 Å². The quantitative estimate of drug-likeness (QED) is 0.657. The van der Waals surface area contributed by atoms with Gasteiger partial charge in [0.05, 0.1) is 11.1 Å². The van der Waals surface area contributed by atoms with Crippen LogP contribution in [0, 0.1) is 5.82 Å². The van der Waals surface area contributed by atoms with E-state index in [2.05, 4.69) is 17.3 Å². The predicted molar refractivity (Wildman–Crippen MR) is 78.8 cm³/mol.